The second kappa shape index (κ2) is 15.3. The van der Waals surface area contributed by atoms with Crippen LogP contribution in [0.5, 0.6) is 17.2 Å². The Bertz CT molecular complexity index is 2110. The van der Waals surface area contributed by atoms with E-state index >= 15 is 4.39 Å². The molecule has 5 aromatic rings. The molecule has 54 heavy (non-hydrogen) atoms. The number of likely N-dealkylation sites (tertiary alicyclic amines) is 2. The molecule has 9 nitrogen and oxygen atoms in total. The van der Waals surface area contributed by atoms with Crippen molar-refractivity contribution in [2.45, 2.75) is 50.8 Å². The van der Waals surface area contributed by atoms with Gasteiger partial charge in [-0.2, -0.15) is 0 Å². The van der Waals surface area contributed by atoms with Crippen LogP contribution in [0.3, 0.4) is 0 Å². The number of nitrogens with zero attached hydrogens (tertiary/aromatic N) is 4. The number of fused-ring (bicyclic) bond motifs is 1. The van der Waals surface area contributed by atoms with Gasteiger partial charge in [0.2, 0.25) is 11.7 Å². The van der Waals surface area contributed by atoms with Crippen LogP contribution in [0.15, 0.2) is 78.9 Å². The number of aromatic nitrogens is 2. The molecular formula is C42H45F3N4O5. The van der Waals surface area contributed by atoms with Crippen LogP contribution < -0.4 is 14.2 Å². The number of amides is 1. The van der Waals surface area contributed by atoms with Crippen LogP contribution in [-0.4, -0.2) is 77.9 Å². The van der Waals surface area contributed by atoms with Crippen LogP contribution in [0, 0.1) is 22.9 Å². The van der Waals surface area contributed by atoms with Crippen LogP contribution in [0.4, 0.5) is 13.2 Å². The fourth-order valence-corrected chi connectivity index (χ4v) is 8.11. The van der Waals surface area contributed by atoms with Crippen LogP contribution in [0.2, 0.25) is 0 Å². The van der Waals surface area contributed by atoms with Gasteiger partial charge in [-0.3, -0.25) is 4.79 Å². The number of hydrogen-bond acceptors (Lipinski definition) is 7. The molecular weight excluding hydrogens is 697 g/mol. The van der Waals surface area contributed by atoms with Crippen LogP contribution in [0.1, 0.15) is 48.2 Å². The predicted molar refractivity (Wildman–Crippen MR) is 198 cm³/mol. The number of para-hydroxylation sites is 2. The Balaban J connectivity index is 1.09. The fourth-order valence-electron chi connectivity index (χ4n) is 8.11. The van der Waals surface area contributed by atoms with E-state index < -0.39 is 22.7 Å². The van der Waals surface area contributed by atoms with Crippen LogP contribution in [0.25, 0.3) is 11.0 Å². The molecule has 1 N–H and O–H groups in total. The molecule has 4 aromatic carbocycles. The lowest BCUT2D eigenvalue weighted by Crippen LogP contribution is -2.46. The molecule has 2 saturated heterocycles. The zero-order valence-corrected chi connectivity index (χ0v) is 30.8. The zero-order valence-electron chi connectivity index (χ0n) is 30.8. The number of ether oxygens (including phenoxy) is 3. The summed E-state index contributed by atoms with van der Waals surface area (Å²) in [6.07, 6.45) is 1.92. The van der Waals surface area contributed by atoms with E-state index in [0.717, 1.165) is 28.2 Å². The monoisotopic (exact) mass is 742 g/mol. The number of imidazole rings is 1. The van der Waals surface area contributed by atoms with Gasteiger partial charge in [0.15, 0.2) is 11.5 Å². The third-order valence-corrected chi connectivity index (χ3v) is 11.2. The van der Waals surface area contributed by atoms with Gasteiger partial charge in [0.05, 0.1) is 37.8 Å². The highest BCUT2D eigenvalue weighted by atomic mass is 19.1. The topological polar surface area (TPSA) is 89.3 Å². The molecule has 12 heteroatoms. The number of halogens is 3. The van der Waals surface area contributed by atoms with Crippen molar-refractivity contribution in [1.82, 2.24) is 19.4 Å². The Kier molecular flexibility index (Phi) is 10.6. The molecule has 0 aliphatic carbocycles. The molecule has 0 radical (unpaired) electrons. The Hall–Kier alpha value is -5.07. The summed E-state index contributed by atoms with van der Waals surface area (Å²) in [6.45, 7) is 2.84. The van der Waals surface area contributed by atoms with Crippen molar-refractivity contribution in [3.63, 3.8) is 0 Å². The third kappa shape index (κ3) is 7.37. The van der Waals surface area contributed by atoms with Crippen molar-refractivity contribution < 1.29 is 37.3 Å². The normalized spacial score (nSPS) is 18.7. The smallest absolute Gasteiger partial charge is 0.229 e. The maximum atomic E-state index is 15.1. The average Bonchev–Trinajstić information content (AvgIpc) is 3.70. The van der Waals surface area contributed by atoms with Crippen molar-refractivity contribution in [1.29, 1.82) is 0 Å². The lowest BCUT2D eigenvalue weighted by Gasteiger charge is -2.39. The van der Waals surface area contributed by atoms with Crippen LogP contribution >= 0.6 is 0 Å². The standard InChI is InChI=1S/C42H45F3N4O5/c1-52-36-22-29(23-37(53-2)38(36)54-3)26-48-21-15-41(40(48)50,25-30-10-13-32(44)24-33(30)45)14-18-47-19-16-42(51,17-20-47)39-46-34-6-4-5-7-35(34)49(39)27-28-8-11-31(43)12-9-28/h4-13,22-24,51H,14-21,25-27H2,1-3H3. The SMILES string of the molecule is COc1cc(CN2CCC(CCN3CCC(O)(c4nc5ccccc5n4Cc4ccc(F)cc4)CC3)(Cc3ccc(F)cc3F)C2=O)cc(OC)c1OC. The number of rotatable bonds is 13. The summed E-state index contributed by atoms with van der Waals surface area (Å²) in [5, 5.41) is 12.1. The number of methoxy groups -OCH3 is 3. The Morgan fingerprint density at radius 1 is 0.778 bits per heavy atom. The van der Waals surface area contributed by atoms with Gasteiger partial charge < -0.3 is 33.7 Å². The Morgan fingerprint density at radius 2 is 1.46 bits per heavy atom. The highest BCUT2D eigenvalue weighted by Gasteiger charge is 2.47. The zero-order chi connectivity index (χ0) is 38.0. The molecule has 0 spiro atoms. The summed E-state index contributed by atoms with van der Waals surface area (Å²) in [6, 6.07) is 21.2. The van der Waals surface area contributed by atoms with E-state index in [4.69, 9.17) is 19.2 Å². The van der Waals surface area contributed by atoms with E-state index in [-0.39, 0.29) is 18.1 Å². The van der Waals surface area contributed by atoms with E-state index in [1.54, 1.807) is 17.0 Å². The van der Waals surface area contributed by atoms with E-state index in [1.165, 1.54) is 45.6 Å². The maximum Gasteiger partial charge on any atom is 0.229 e. The van der Waals surface area contributed by atoms with E-state index in [0.29, 0.717) is 93.6 Å². The summed E-state index contributed by atoms with van der Waals surface area (Å²) < 4.78 is 61.3. The molecule has 2 aliphatic rings. The molecule has 2 fully saturated rings. The van der Waals surface area contributed by atoms with Gasteiger partial charge in [0.1, 0.15) is 28.9 Å². The Labute approximate surface area is 312 Å². The summed E-state index contributed by atoms with van der Waals surface area (Å²) in [7, 11) is 4.61. The van der Waals surface area contributed by atoms with Gasteiger partial charge in [0, 0.05) is 38.8 Å². The lowest BCUT2D eigenvalue weighted by molar-refractivity contribution is -0.137. The second-order valence-electron chi connectivity index (χ2n) is 14.5. The van der Waals surface area contributed by atoms with Gasteiger partial charge in [-0.05, 0) is 97.8 Å². The van der Waals surface area contributed by atoms with E-state index in [9.17, 15) is 18.7 Å². The van der Waals surface area contributed by atoms with Crippen molar-refractivity contribution >= 4 is 16.9 Å². The summed E-state index contributed by atoms with van der Waals surface area (Å²) in [5.41, 5.74) is 1.52. The van der Waals surface area contributed by atoms with Gasteiger partial charge in [-0.15, -0.1) is 0 Å². The average molecular weight is 743 g/mol. The second-order valence-corrected chi connectivity index (χ2v) is 14.5. The first-order valence-electron chi connectivity index (χ1n) is 18.2. The first-order valence-corrected chi connectivity index (χ1v) is 18.2. The molecule has 0 saturated carbocycles. The molecule has 1 unspecified atom stereocenters. The first kappa shape index (κ1) is 37.3. The summed E-state index contributed by atoms with van der Waals surface area (Å²) in [5.74, 6) is 0.249. The van der Waals surface area contributed by atoms with Crippen molar-refractivity contribution in [2.24, 2.45) is 5.41 Å². The molecule has 1 amide bonds. The first-order chi connectivity index (χ1) is 26.0. The van der Waals surface area contributed by atoms with Crippen molar-refractivity contribution in [3.05, 3.63) is 119 Å². The highest BCUT2D eigenvalue weighted by molar-refractivity contribution is 5.85. The van der Waals surface area contributed by atoms with Crippen LogP contribution in [-0.2, 0) is 29.9 Å². The molecule has 2 aliphatic heterocycles. The molecule has 284 valence electrons. The highest BCUT2D eigenvalue weighted by Crippen LogP contribution is 2.43. The number of carbonyl (C=O) groups excluding carboxylic acids is 1. The van der Waals surface area contributed by atoms with E-state index in [1.807, 2.05) is 41.0 Å². The summed E-state index contributed by atoms with van der Waals surface area (Å²) >= 11 is 0. The maximum absolute atomic E-state index is 15.1. The van der Waals surface area contributed by atoms with E-state index in [2.05, 4.69) is 4.90 Å². The molecule has 7 rings (SSSR count). The van der Waals surface area contributed by atoms with Crippen molar-refractivity contribution in [3.8, 4) is 17.2 Å². The molecule has 3 heterocycles. The minimum Gasteiger partial charge on any atom is -0.493 e. The lowest BCUT2D eigenvalue weighted by atomic mass is 9.76. The van der Waals surface area contributed by atoms with Gasteiger partial charge >= 0.3 is 0 Å². The fraction of sp³-hybridized carbons (Fsp3) is 0.381. The minimum atomic E-state index is -1.20. The van der Waals surface area contributed by atoms with Gasteiger partial charge in [0.25, 0.3) is 0 Å². The number of carbonyl (C=O) groups is 1. The predicted octanol–water partition coefficient (Wildman–Crippen LogP) is 6.86. The molecule has 0 bridgehead atoms. The summed E-state index contributed by atoms with van der Waals surface area (Å²) in [4.78, 5) is 23.4. The number of piperidine rings is 1. The number of aliphatic hydroxyl groups is 1. The molecule has 1 aromatic heterocycles. The third-order valence-electron chi connectivity index (χ3n) is 11.2. The largest absolute Gasteiger partial charge is 0.493 e. The quantitative estimate of drug-likeness (QED) is 0.141. The van der Waals surface area contributed by atoms with Gasteiger partial charge in [-0.1, -0.05) is 30.3 Å². The number of benzene rings is 4. The van der Waals surface area contributed by atoms with Crippen molar-refractivity contribution in [2.75, 3.05) is 47.5 Å². The van der Waals surface area contributed by atoms with Gasteiger partial charge in [-0.25, -0.2) is 18.2 Å². The Morgan fingerprint density at radius 3 is 2.13 bits per heavy atom. The molecule has 1 atom stereocenters. The minimum absolute atomic E-state index is 0.0944. The number of hydrogen-bond donors (Lipinski definition) is 1.